The highest BCUT2D eigenvalue weighted by molar-refractivity contribution is 7.89. The summed E-state index contributed by atoms with van der Waals surface area (Å²) >= 11 is 0. The lowest BCUT2D eigenvalue weighted by Crippen LogP contribution is -2.39. The highest BCUT2D eigenvalue weighted by atomic mass is 32.2. The van der Waals surface area contributed by atoms with Crippen LogP contribution in [0.2, 0.25) is 0 Å². The van der Waals surface area contributed by atoms with Crippen LogP contribution in [-0.4, -0.2) is 39.5 Å². The molecule has 6 heteroatoms. The Morgan fingerprint density at radius 3 is 2.57 bits per heavy atom. The van der Waals surface area contributed by atoms with Gasteiger partial charge in [0, 0.05) is 13.1 Å². The predicted octanol–water partition coefficient (Wildman–Crippen LogP) is 1.75. The number of aryl methyl sites for hydroxylation is 1. The van der Waals surface area contributed by atoms with Crippen LogP contribution in [0.25, 0.3) is 0 Å². The van der Waals surface area contributed by atoms with Crippen LogP contribution in [0.5, 0.6) is 5.75 Å². The number of sulfonamides is 1. The van der Waals surface area contributed by atoms with Gasteiger partial charge in [-0.25, -0.2) is 8.42 Å². The number of benzene rings is 1. The van der Waals surface area contributed by atoms with Gasteiger partial charge in [0.05, 0.1) is 7.11 Å². The van der Waals surface area contributed by atoms with Crippen LogP contribution in [0.4, 0.5) is 0 Å². The Morgan fingerprint density at radius 2 is 2.00 bits per heavy atom. The smallest absolute Gasteiger partial charge is 0.246 e. The molecule has 0 bridgehead atoms. The topological polar surface area (TPSA) is 72.6 Å². The first-order valence-electron chi connectivity index (χ1n) is 7.34. The molecular weight excluding hydrogens is 288 g/mol. The summed E-state index contributed by atoms with van der Waals surface area (Å²) in [6, 6.07) is 5.24. The van der Waals surface area contributed by atoms with Gasteiger partial charge in [0.1, 0.15) is 10.6 Å². The SMILES string of the molecule is COc1ccc(C)cc1S(=O)(=O)N1CCC(CCN)CC1. The molecular formula is C15H24N2O3S. The van der Waals surface area contributed by atoms with E-state index in [4.69, 9.17) is 10.5 Å². The summed E-state index contributed by atoms with van der Waals surface area (Å²) in [4.78, 5) is 0.266. The minimum absolute atomic E-state index is 0.266. The van der Waals surface area contributed by atoms with Gasteiger partial charge in [-0.15, -0.1) is 0 Å². The van der Waals surface area contributed by atoms with Crippen molar-refractivity contribution in [2.75, 3.05) is 26.7 Å². The van der Waals surface area contributed by atoms with Crippen molar-refractivity contribution < 1.29 is 13.2 Å². The Labute approximate surface area is 127 Å². The maximum atomic E-state index is 12.8. The summed E-state index contributed by atoms with van der Waals surface area (Å²) in [6.45, 7) is 3.67. The molecule has 0 saturated carbocycles. The lowest BCUT2D eigenvalue weighted by Gasteiger charge is -2.31. The van der Waals surface area contributed by atoms with Gasteiger partial charge < -0.3 is 10.5 Å². The first-order chi connectivity index (χ1) is 9.98. The maximum absolute atomic E-state index is 12.8. The first kappa shape index (κ1) is 16.3. The second-order valence-electron chi connectivity index (χ2n) is 5.58. The molecule has 0 spiro atoms. The zero-order valence-corrected chi connectivity index (χ0v) is 13.5. The molecule has 0 radical (unpaired) electrons. The summed E-state index contributed by atoms with van der Waals surface area (Å²) in [7, 11) is -1.99. The van der Waals surface area contributed by atoms with E-state index >= 15 is 0 Å². The zero-order chi connectivity index (χ0) is 15.5. The molecule has 1 aliphatic heterocycles. The van der Waals surface area contributed by atoms with Crippen molar-refractivity contribution >= 4 is 10.0 Å². The quantitative estimate of drug-likeness (QED) is 0.899. The molecule has 1 aliphatic rings. The molecule has 0 amide bonds. The van der Waals surface area contributed by atoms with Gasteiger partial charge in [-0.05, 0) is 56.3 Å². The number of rotatable bonds is 5. The van der Waals surface area contributed by atoms with Crippen molar-refractivity contribution in [1.82, 2.24) is 4.31 Å². The van der Waals surface area contributed by atoms with E-state index in [0.717, 1.165) is 24.8 Å². The van der Waals surface area contributed by atoms with E-state index in [1.54, 1.807) is 16.4 Å². The summed E-state index contributed by atoms with van der Waals surface area (Å²) < 4.78 is 32.4. The Morgan fingerprint density at radius 1 is 1.33 bits per heavy atom. The number of piperidine rings is 1. The van der Waals surface area contributed by atoms with Gasteiger partial charge in [-0.1, -0.05) is 6.07 Å². The molecule has 2 N–H and O–H groups in total. The highest BCUT2D eigenvalue weighted by Gasteiger charge is 2.31. The average Bonchev–Trinajstić information content (AvgIpc) is 2.48. The molecule has 0 aliphatic carbocycles. The van der Waals surface area contributed by atoms with Crippen molar-refractivity contribution in [1.29, 1.82) is 0 Å². The highest BCUT2D eigenvalue weighted by Crippen LogP contribution is 2.30. The van der Waals surface area contributed by atoms with Crippen LogP contribution in [0.3, 0.4) is 0 Å². The van der Waals surface area contributed by atoms with Gasteiger partial charge >= 0.3 is 0 Å². The number of ether oxygens (including phenoxy) is 1. The summed E-state index contributed by atoms with van der Waals surface area (Å²) in [5.74, 6) is 0.950. The van der Waals surface area contributed by atoms with Crippen molar-refractivity contribution in [3.63, 3.8) is 0 Å². The van der Waals surface area contributed by atoms with E-state index in [1.165, 1.54) is 7.11 Å². The monoisotopic (exact) mass is 312 g/mol. The van der Waals surface area contributed by atoms with Crippen molar-refractivity contribution in [3.05, 3.63) is 23.8 Å². The third-order valence-corrected chi connectivity index (χ3v) is 6.01. The van der Waals surface area contributed by atoms with Gasteiger partial charge in [0.15, 0.2) is 0 Å². The number of nitrogens with two attached hydrogens (primary N) is 1. The van der Waals surface area contributed by atoms with E-state index in [1.807, 2.05) is 13.0 Å². The maximum Gasteiger partial charge on any atom is 0.246 e. The third-order valence-electron chi connectivity index (χ3n) is 4.09. The number of nitrogens with zero attached hydrogens (tertiary/aromatic N) is 1. The van der Waals surface area contributed by atoms with E-state index < -0.39 is 10.0 Å². The second kappa shape index (κ2) is 6.77. The third kappa shape index (κ3) is 3.56. The van der Waals surface area contributed by atoms with Gasteiger partial charge in [-0.2, -0.15) is 4.31 Å². The Hall–Kier alpha value is -1.11. The van der Waals surface area contributed by atoms with Gasteiger partial charge in [-0.3, -0.25) is 0 Å². The fraction of sp³-hybridized carbons (Fsp3) is 0.600. The van der Waals surface area contributed by atoms with E-state index in [9.17, 15) is 8.42 Å². The fourth-order valence-electron chi connectivity index (χ4n) is 2.80. The van der Waals surface area contributed by atoms with Gasteiger partial charge in [0.25, 0.3) is 0 Å². The molecule has 2 rings (SSSR count). The molecule has 0 aromatic heterocycles. The van der Waals surface area contributed by atoms with Crippen LogP contribution in [0.1, 0.15) is 24.8 Å². The van der Waals surface area contributed by atoms with E-state index in [2.05, 4.69) is 0 Å². The minimum atomic E-state index is -3.49. The Balaban J connectivity index is 2.21. The molecule has 118 valence electrons. The minimum Gasteiger partial charge on any atom is -0.495 e. The lowest BCUT2D eigenvalue weighted by atomic mass is 9.95. The summed E-state index contributed by atoms with van der Waals surface area (Å²) in [6.07, 6.45) is 2.73. The molecule has 21 heavy (non-hydrogen) atoms. The van der Waals surface area contributed by atoms with Crippen LogP contribution >= 0.6 is 0 Å². The van der Waals surface area contributed by atoms with Crippen LogP contribution in [-0.2, 0) is 10.0 Å². The average molecular weight is 312 g/mol. The molecule has 1 fully saturated rings. The first-order valence-corrected chi connectivity index (χ1v) is 8.78. The summed E-state index contributed by atoms with van der Waals surface area (Å²) in [5.41, 5.74) is 6.49. The lowest BCUT2D eigenvalue weighted by molar-refractivity contribution is 0.265. The van der Waals surface area contributed by atoms with Crippen molar-refractivity contribution in [2.45, 2.75) is 31.1 Å². The zero-order valence-electron chi connectivity index (χ0n) is 12.7. The molecule has 1 aromatic rings. The predicted molar refractivity (Wildman–Crippen MR) is 82.9 cm³/mol. The molecule has 0 unspecified atom stereocenters. The fourth-order valence-corrected chi connectivity index (χ4v) is 4.51. The normalized spacial score (nSPS) is 17.9. The van der Waals surface area contributed by atoms with Crippen LogP contribution in [0, 0.1) is 12.8 Å². The largest absolute Gasteiger partial charge is 0.495 e. The summed E-state index contributed by atoms with van der Waals surface area (Å²) in [5, 5.41) is 0. The van der Waals surface area contributed by atoms with Crippen molar-refractivity contribution in [3.8, 4) is 5.75 Å². The molecule has 1 heterocycles. The van der Waals surface area contributed by atoms with Crippen LogP contribution in [0.15, 0.2) is 23.1 Å². The number of hydrogen-bond acceptors (Lipinski definition) is 4. The van der Waals surface area contributed by atoms with Crippen molar-refractivity contribution in [2.24, 2.45) is 11.7 Å². The van der Waals surface area contributed by atoms with Gasteiger partial charge in [0.2, 0.25) is 10.0 Å². The molecule has 5 nitrogen and oxygen atoms in total. The van der Waals surface area contributed by atoms with E-state index in [-0.39, 0.29) is 4.90 Å². The second-order valence-corrected chi connectivity index (χ2v) is 7.49. The number of methoxy groups -OCH3 is 1. The standard InChI is InChI=1S/C15H24N2O3S/c1-12-3-4-14(20-2)15(11-12)21(18,19)17-9-6-13(5-8-16)7-10-17/h3-4,11,13H,5-10,16H2,1-2H3. The number of hydrogen-bond donors (Lipinski definition) is 1. The van der Waals surface area contributed by atoms with Crippen LogP contribution < -0.4 is 10.5 Å². The van der Waals surface area contributed by atoms with E-state index in [0.29, 0.717) is 31.3 Å². The Kier molecular flexibility index (Phi) is 5.24. The molecule has 0 atom stereocenters. The molecule has 1 saturated heterocycles. The Bertz CT molecular complexity index is 579. The molecule has 1 aromatic carbocycles.